The van der Waals surface area contributed by atoms with Gasteiger partial charge in [0.1, 0.15) is 5.01 Å². The lowest BCUT2D eigenvalue weighted by atomic mass is 10.1. The molecule has 1 saturated heterocycles. The van der Waals surface area contributed by atoms with E-state index in [0.29, 0.717) is 5.92 Å². The van der Waals surface area contributed by atoms with Gasteiger partial charge in [-0.1, -0.05) is 55.5 Å². The third-order valence-electron chi connectivity index (χ3n) is 4.13. The predicted molar refractivity (Wildman–Crippen MR) is 92.8 cm³/mol. The Morgan fingerprint density at radius 2 is 1.77 bits per heavy atom. The zero-order chi connectivity index (χ0) is 15.4. The molecule has 0 unspecified atom stereocenters. The molecular weight excluding hydrogens is 292 g/mol. The van der Waals surface area contributed by atoms with E-state index in [2.05, 4.69) is 64.2 Å². The summed E-state index contributed by atoms with van der Waals surface area (Å²) in [6.07, 6.45) is 1.14. The largest absolute Gasteiger partial charge is 0.344 e. The second kappa shape index (κ2) is 7.20. The van der Waals surface area contributed by atoms with Crippen LogP contribution in [0.25, 0.3) is 0 Å². The Morgan fingerprint density at radius 3 is 2.41 bits per heavy atom. The van der Waals surface area contributed by atoms with E-state index in [1.807, 2.05) is 0 Å². The van der Waals surface area contributed by atoms with Crippen molar-refractivity contribution in [1.29, 1.82) is 0 Å². The van der Waals surface area contributed by atoms with E-state index in [9.17, 15) is 0 Å². The average Bonchev–Trinajstić information content (AvgIpc) is 3.05. The Bertz CT molecular complexity index is 573. The molecule has 2 heterocycles. The van der Waals surface area contributed by atoms with Gasteiger partial charge in [-0.05, 0) is 12.0 Å². The van der Waals surface area contributed by atoms with E-state index in [0.717, 1.165) is 49.3 Å². The summed E-state index contributed by atoms with van der Waals surface area (Å²) in [7, 11) is 0. The van der Waals surface area contributed by atoms with Gasteiger partial charge in [-0.25, -0.2) is 0 Å². The summed E-state index contributed by atoms with van der Waals surface area (Å²) in [5, 5.41) is 10.9. The number of anilines is 1. The highest BCUT2D eigenvalue weighted by Crippen LogP contribution is 2.26. The number of benzene rings is 1. The molecule has 3 rings (SSSR count). The van der Waals surface area contributed by atoms with Gasteiger partial charge in [-0.3, -0.25) is 4.90 Å². The van der Waals surface area contributed by atoms with Crippen LogP contribution in [0.1, 0.15) is 30.3 Å². The van der Waals surface area contributed by atoms with Crippen molar-refractivity contribution in [3.8, 4) is 0 Å². The fraction of sp³-hybridized carbons (Fsp3) is 0.529. The van der Waals surface area contributed by atoms with Gasteiger partial charge >= 0.3 is 0 Å². The molecule has 1 fully saturated rings. The Hall–Kier alpha value is -1.46. The molecule has 0 N–H and O–H groups in total. The Balaban J connectivity index is 1.47. The highest BCUT2D eigenvalue weighted by atomic mass is 32.1. The molecule has 0 bridgehead atoms. The number of hydrogen-bond acceptors (Lipinski definition) is 5. The first-order chi connectivity index (χ1) is 10.7. The molecule has 5 heteroatoms. The minimum Gasteiger partial charge on any atom is -0.344 e. The summed E-state index contributed by atoms with van der Waals surface area (Å²) in [5.74, 6) is 0.471. The molecule has 118 valence electrons. The van der Waals surface area contributed by atoms with Crippen molar-refractivity contribution < 1.29 is 0 Å². The Morgan fingerprint density at radius 1 is 1.05 bits per heavy atom. The van der Waals surface area contributed by atoms with E-state index in [1.165, 1.54) is 5.56 Å². The van der Waals surface area contributed by atoms with Gasteiger partial charge in [0, 0.05) is 38.6 Å². The van der Waals surface area contributed by atoms with Crippen molar-refractivity contribution in [1.82, 2.24) is 15.1 Å². The SMILES string of the molecule is CC(C)c1nnc(N2CCN(CCc3ccccc3)CC2)s1. The molecule has 0 aliphatic carbocycles. The van der Waals surface area contributed by atoms with E-state index < -0.39 is 0 Å². The second-order valence-electron chi connectivity index (χ2n) is 6.14. The van der Waals surface area contributed by atoms with E-state index in [1.54, 1.807) is 11.3 Å². The molecule has 0 spiro atoms. The topological polar surface area (TPSA) is 32.3 Å². The minimum atomic E-state index is 0.471. The maximum absolute atomic E-state index is 4.36. The van der Waals surface area contributed by atoms with Crippen molar-refractivity contribution in [3.63, 3.8) is 0 Å². The average molecular weight is 316 g/mol. The standard InChI is InChI=1S/C17H24N4S/c1-14(2)16-18-19-17(22-16)21-12-10-20(11-13-21)9-8-15-6-4-3-5-7-15/h3-7,14H,8-13H2,1-2H3. The molecule has 2 aromatic rings. The quantitative estimate of drug-likeness (QED) is 0.849. The molecule has 22 heavy (non-hydrogen) atoms. The first kappa shape index (κ1) is 15.4. The van der Waals surface area contributed by atoms with Gasteiger partial charge in [0.05, 0.1) is 0 Å². The number of rotatable bonds is 5. The normalized spacial score (nSPS) is 16.4. The highest BCUT2D eigenvalue weighted by molar-refractivity contribution is 7.15. The van der Waals surface area contributed by atoms with Gasteiger partial charge in [0.15, 0.2) is 0 Å². The van der Waals surface area contributed by atoms with Crippen LogP contribution in [0, 0.1) is 0 Å². The third kappa shape index (κ3) is 3.84. The van der Waals surface area contributed by atoms with E-state index in [4.69, 9.17) is 0 Å². The van der Waals surface area contributed by atoms with Crippen LogP contribution < -0.4 is 4.90 Å². The van der Waals surface area contributed by atoms with Gasteiger partial charge in [-0.15, -0.1) is 10.2 Å². The molecule has 1 aliphatic heterocycles. The van der Waals surface area contributed by atoms with Crippen LogP contribution in [0.2, 0.25) is 0 Å². The lowest BCUT2D eigenvalue weighted by Crippen LogP contribution is -2.47. The molecule has 1 aliphatic rings. The van der Waals surface area contributed by atoms with Crippen LogP contribution in [0.5, 0.6) is 0 Å². The fourth-order valence-electron chi connectivity index (χ4n) is 2.68. The van der Waals surface area contributed by atoms with Crippen molar-refractivity contribution in [3.05, 3.63) is 40.9 Å². The monoisotopic (exact) mass is 316 g/mol. The van der Waals surface area contributed by atoms with Gasteiger partial charge in [0.25, 0.3) is 0 Å². The summed E-state index contributed by atoms with van der Waals surface area (Å²) in [6.45, 7) is 9.83. The zero-order valence-corrected chi connectivity index (χ0v) is 14.2. The molecule has 0 amide bonds. The third-order valence-corrected chi connectivity index (χ3v) is 5.41. The zero-order valence-electron chi connectivity index (χ0n) is 13.4. The molecule has 0 radical (unpaired) electrons. The number of piperazine rings is 1. The van der Waals surface area contributed by atoms with Crippen LogP contribution in [-0.2, 0) is 6.42 Å². The molecule has 1 aromatic carbocycles. The van der Waals surface area contributed by atoms with Gasteiger partial charge < -0.3 is 4.90 Å². The molecule has 1 aromatic heterocycles. The number of aromatic nitrogens is 2. The van der Waals surface area contributed by atoms with Gasteiger partial charge in [-0.2, -0.15) is 0 Å². The first-order valence-electron chi connectivity index (χ1n) is 8.07. The second-order valence-corrected chi connectivity index (χ2v) is 7.13. The van der Waals surface area contributed by atoms with Crippen LogP contribution in [0.3, 0.4) is 0 Å². The minimum absolute atomic E-state index is 0.471. The smallest absolute Gasteiger partial charge is 0.208 e. The van der Waals surface area contributed by atoms with Crippen molar-refractivity contribution >= 4 is 16.5 Å². The maximum Gasteiger partial charge on any atom is 0.208 e. The van der Waals surface area contributed by atoms with Crippen LogP contribution >= 0.6 is 11.3 Å². The Labute approximate surface area is 136 Å². The molecule has 4 nitrogen and oxygen atoms in total. The summed E-state index contributed by atoms with van der Waals surface area (Å²) in [6, 6.07) is 10.7. The maximum atomic E-state index is 4.36. The van der Waals surface area contributed by atoms with Crippen LogP contribution in [-0.4, -0.2) is 47.8 Å². The van der Waals surface area contributed by atoms with Crippen molar-refractivity contribution in [2.75, 3.05) is 37.6 Å². The summed E-state index contributed by atoms with van der Waals surface area (Å²) in [4.78, 5) is 4.93. The predicted octanol–water partition coefficient (Wildman–Crippen LogP) is 3.03. The Kier molecular flexibility index (Phi) is 5.05. The van der Waals surface area contributed by atoms with Gasteiger partial charge in [0.2, 0.25) is 5.13 Å². The van der Waals surface area contributed by atoms with Crippen molar-refractivity contribution in [2.24, 2.45) is 0 Å². The number of hydrogen-bond donors (Lipinski definition) is 0. The molecule has 0 saturated carbocycles. The highest BCUT2D eigenvalue weighted by Gasteiger charge is 2.20. The fourth-order valence-corrected chi connectivity index (χ4v) is 3.58. The van der Waals surface area contributed by atoms with Crippen molar-refractivity contribution in [2.45, 2.75) is 26.2 Å². The van der Waals surface area contributed by atoms with E-state index >= 15 is 0 Å². The molecular formula is C17H24N4S. The summed E-state index contributed by atoms with van der Waals surface area (Å²) in [5.41, 5.74) is 1.43. The van der Waals surface area contributed by atoms with E-state index in [-0.39, 0.29) is 0 Å². The lowest BCUT2D eigenvalue weighted by molar-refractivity contribution is 0.261. The van der Waals surface area contributed by atoms with Crippen LogP contribution in [0.4, 0.5) is 5.13 Å². The molecule has 0 atom stereocenters. The lowest BCUT2D eigenvalue weighted by Gasteiger charge is -2.34. The summed E-state index contributed by atoms with van der Waals surface area (Å²) >= 11 is 1.74. The number of nitrogens with zero attached hydrogens (tertiary/aromatic N) is 4. The summed E-state index contributed by atoms with van der Waals surface area (Å²) < 4.78 is 0. The van der Waals surface area contributed by atoms with Crippen LogP contribution in [0.15, 0.2) is 30.3 Å². The first-order valence-corrected chi connectivity index (χ1v) is 8.88.